The molecule has 0 aromatic rings. The van der Waals surface area contributed by atoms with Crippen molar-refractivity contribution < 1.29 is 14.3 Å². The minimum atomic E-state index is 0.133. The van der Waals surface area contributed by atoms with E-state index in [2.05, 4.69) is 0 Å². The summed E-state index contributed by atoms with van der Waals surface area (Å²) in [7, 11) is 0. The third kappa shape index (κ3) is 2.41. The SMILES string of the molecule is C[C@@H]1COCCN1C(=O)N1CCOCC1. The molecule has 0 saturated carbocycles. The molecule has 0 aliphatic carbocycles. The fraction of sp³-hybridized carbons (Fsp3) is 0.900. The van der Waals surface area contributed by atoms with Crippen LogP contribution in [0.5, 0.6) is 0 Å². The molecule has 86 valence electrons. The van der Waals surface area contributed by atoms with Crippen molar-refractivity contribution in [1.82, 2.24) is 9.80 Å². The summed E-state index contributed by atoms with van der Waals surface area (Å²) in [6.45, 7) is 6.77. The number of morpholine rings is 2. The van der Waals surface area contributed by atoms with E-state index >= 15 is 0 Å². The molecule has 2 amide bonds. The van der Waals surface area contributed by atoms with Crippen molar-refractivity contribution in [2.45, 2.75) is 13.0 Å². The second-order valence-electron chi connectivity index (χ2n) is 4.00. The zero-order chi connectivity index (χ0) is 10.7. The maximum absolute atomic E-state index is 12.1. The minimum Gasteiger partial charge on any atom is -0.378 e. The van der Waals surface area contributed by atoms with Gasteiger partial charge in [0.1, 0.15) is 0 Å². The van der Waals surface area contributed by atoms with Gasteiger partial charge in [-0.3, -0.25) is 0 Å². The van der Waals surface area contributed by atoms with Gasteiger partial charge in [0, 0.05) is 19.6 Å². The van der Waals surface area contributed by atoms with E-state index in [9.17, 15) is 4.79 Å². The van der Waals surface area contributed by atoms with E-state index in [1.54, 1.807) is 0 Å². The highest BCUT2D eigenvalue weighted by Crippen LogP contribution is 2.10. The number of hydrogen-bond donors (Lipinski definition) is 0. The lowest BCUT2D eigenvalue weighted by atomic mass is 10.2. The zero-order valence-corrected chi connectivity index (χ0v) is 9.15. The van der Waals surface area contributed by atoms with Crippen LogP contribution in [-0.4, -0.2) is 67.9 Å². The molecule has 1 atom stereocenters. The van der Waals surface area contributed by atoms with Crippen molar-refractivity contribution in [2.75, 3.05) is 46.1 Å². The number of urea groups is 1. The molecule has 5 nitrogen and oxygen atoms in total. The van der Waals surface area contributed by atoms with Gasteiger partial charge in [-0.25, -0.2) is 4.79 Å². The predicted octanol–water partition coefficient (Wildman–Crippen LogP) is 0.159. The summed E-state index contributed by atoms with van der Waals surface area (Å²) in [5.41, 5.74) is 0. The maximum Gasteiger partial charge on any atom is 0.320 e. The van der Waals surface area contributed by atoms with Crippen LogP contribution in [0.1, 0.15) is 6.92 Å². The lowest BCUT2D eigenvalue weighted by Crippen LogP contribution is -2.54. The van der Waals surface area contributed by atoms with E-state index in [1.165, 1.54) is 0 Å². The van der Waals surface area contributed by atoms with Gasteiger partial charge in [-0.1, -0.05) is 0 Å². The number of amides is 2. The van der Waals surface area contributed by atoms with Gasteiger partial charge in [-0.05, 0) is 6.92 Å². The standard InChI is InChI=1S/C10H18N2O3/c1-9-8-15-7-4-12(9)10(13)11-2-5-14-6-3-11/h9H,2-8H2,1H3/t9-/m1/s1. The van der Waals surface area contributed by atoms with Crippen molar-refractivity contribution in [3.8, 4) is 0 Å². The van der Waals surface area contributed by atoms with Gasteiger partial charge in [0.25, 0.3) is 0 Å². The Labute approximate surface area is 89.9 Å². The summed E-state index contributed by atoms with van der Waals surface area (Å²) in [6.07, 6.45) is 0. The number of nitrogens with zero attached hydrogens (tertiary/aromatic N) is 2. The smallest absolute Gasteiger partial charge is 0.320 e. The lowest BCUT2D eigenvalue weighted by Gasteiger charge is -2.38. The molecule has 0 N–H and O–H groups in total. The van der Waals surface area contributed by atoms with E-state index in [-0.39, 0.29) is 12.1 Å². The Hall–Kier alpha value is -0.810. The van der Waals surface area contributed by atoms with Gasteiger partial charge in [-0.15, -0.1) is 0 Å². The van der Waals surface area contributed by atoms with Crippen molar-refractivity contribution >= 4 is 6.03 Å². The number of hydrogen-bond acceptors (Lipinski definition) is 3. The first kappa shape index (κ1) is 10.7. The molecule has 2 aliphatic rings. The summed E-state index contributed by atoms with van der Waals surface area (Å²) in [5.74, 6) is 0. The molecular formula is C10H18N2O3. The van der Waals surface area contributed by atoms with Crippen LogP contribution in [0, 0.1) is 0 Å². The molecule has 0 radical (unpaired) electrons. The second kappa shape index (κ2) is 4.81. The molecule has 2 saturated heterocycles. The summed E-state index contributed by atoms with van der Waals surface area (Å²) >= 11 is 0. The topological polar surface area (TPSA) is 42.0 Å². The fourth-order valence-electron chi connectivity index (χ4n) is 1.95. The largest absolute Gasteiger partial charge is 0.378 e. The summed E-state index contributed by atoms with van der Waals surface area (Å²) < 4.78 is 10.5. The highest BCUT2D eigenvalue weighted by molar-refractivity contribution is 5.75. The van der Waals surface area contributed by atoms with Crippen molar-refractivity contribution in [1.29, 1.82) is 0 Å². The molecule has 0 bridgehead atoms. The molecule has 2 rings (SSSR count). The van der Waals surface area contributed by atoms with E-state index in [0.717, 1.165) is 0 Å². The Morgan fingerprint density at radius 3 is 2.47 bits per heavy atom. The van der Waals surface area contributed by atoms with Crippen molar-refractivity contribution in [2.24, 2.45) is 0 Å². The lowest BCUT2D eigenvalue weighted by molar-refractivity contribution is -0.00339. The predicted molar refractivity (Wildman–Crippen MR) is 54.8 cm³/mol. The molecule has 2 heterocycles. The third-order valence-corrected chi connectivity index (χ3v) is 2.89. The molecule has 0 aromatic carbocycles. The van der Waals surface area contributed by atoms with Crippen molar-refractivity contribution in [3.63, 3.8) is 0 Å². The molecule has 2 fully saturated rings. The summed E-state index contributed by atoms with van der Waals surface area (Å²) in [5, 5.41) is 0. The molecule has 2 aliphatic heterocycles. The quantitative estimate of drug-likeness (QED) is 0.577. The van der Waals surface area contributed by atoms with Crippen LogP contribution >= 0.6 is 0 Å². The Kier molecular flexibility index (Phi) is 3.43. The first-order chi connectivity index (χ1) is 7.29. The van der Waals surface area contributed by atoms with Crippen LogP contribution in [0.15, 0.2) is 0 Å². The van der Waals surface area contributed by atoms with Gasteiger partial charge in [-0.2, -0.15) is 0 Å². The minimum absolute atomic E-state index is 0.133. The highest BCUT2D eigenvalue weighted by atomic mass is 16.5. The first-order valence-electron chi connectivity index (χ1n) is 5.50. The Morgan fingerprint density at radius 1 is 1.13 bits per heavy atom. The van der Waals surface area contributed by atoms with Gasteiger partial charge in [0.15, 0.2) is 0 Å². The van der Waals surface area contributed by atoms with Crippen LogP contribution in [-0.2, 0) is 9.47 Å². The van der Waals surface area contributed by atoms with E-state index < -0.39 is 0 Å². The summed E-state index contributed by atoms with van der Waals surface area (Å²) in [6, 6.07) is 0.322. The Balaban J connectivity index is 1.92. The molecule has 0 spiro atoms. The number of ether oxygens (including phenoxy) is 2. The number of rotatable bonds is 0. The number of carbonyl (C=O) groups is 1. The monoisotopic (exact) mass is 214 g/mol. The van der Waals surface area contributed by atoms with Crippen LogP contribution in [0.2, 0.25) is 0 Å². The average Bonchev–Trinajstić information content (AvgIpc) is 2.30. The first-order valence-corrected chi connectivity index (χ1v) is 5.50. The van der Waals surface area contributed by atoms with Crippen LogP contribution in [0.4, 0.5) is 4.79 Å². The summed E-state index contributed by atoms with van der Waals surface area (Å²) in [4.78, 5) is 15.9. The second-order valence-corrected chi connectivity index (χ2v) is 4.00. The van der Waals surface area contributed by atoms with Crippen LogP contribution in [0.3, 0.4) is 0 Å². The normalized spacial score (nSPS) is 27.9. The van der Waals surface area contributed by atoms with Crippen molar-refractivity contribution in [3.05, 3.63) is 0 Å². The molecule has 15 heavy (non-hydrogen) atoms. The van der Waals surface area contributed by atoms with E-state index in [1.807, 2.05) is 16.7 Å². The molecule has 0 aromatic heterocycles. The van der Waals surface area contributed by atoms with Crippen LogP contribution < -0.4 is 0 Å². The Morgan fingerprint density at radius 2 is 1.80 bits per heavy atom. The maximum atomic E-state index is 12.1. The Bertz CT molecular complexity index is 229. The van der Waals surface area contributed by atoms with E-state index in [0.29, 0.717) is 46.1 Å². The van der Waals surface area contributed by atoms with Crippen LogP contribution in [0.25, 0.3) is 0 Å². The van der Waals surface area contributed by atoms with Gasteiger partial charge in [0.2, 0.25) is 0 Å². The zero-order valence-electron chi connectivity index (χ0n) is 9.15. The molecular weight excluding hydrogens is 196 g/mol. The van der Waals surface area contributed by atoms with Gasteiger partial charge >= 0.3 is 6.03 Å². The van der Waals surface area contributed by atoms with Gasteiger partial charge < -0.3 is 19.3 Å². The third-order valence-electron chi connectivity index (χ3n) is 2.89. The molecule has 5 heteroatoms. The fourth-order valence-corrected chi connectivity index (χ4v) is 1.95. The number of carbonyl (C=O) groups excluding carboxylic acids is 1. The highest BCUT2D eigenvalue weighted by Gasteiger charge is 2.28. The molecule has 0 unspecified atom stereocenters. The van der Waals surface area contributed by atoms with Gasteiger partial charge in [0.05, 0.1) is 32.5 Å². The average molecular weight is 214 g/mol. The van der Waals surface area contributed by atoms with E-state index in [4.69, 9.17) is 9.47 Å².